The summed E-state index contributed by atoms with van der Waals surface area (Å²) >= 11 is 5.83. The van der Waals surface area contributed by atoms with Crippen molar-refractivity contribution in [3.05, 3.63) is 29.3 Å². The molecule has 1 aromatic rings. The van der Waals surface area contributed by atoms with Crippen molar-refractivity contribution in [1.29, 1.82) is 0 Å². The maximum absolute atomic E-state index is 12.4. The van der Waals surface area contributed by atoms with Gasteiger partial charge < -0.3 is 9.80 Å². The number of nitrogens with one attached hydrogen (secondary N) is 1. The molecule has 1 fully saturated rings. The molecule has 1 N–H and O–H groups in total. The number of sulfonamides is 1. The number of piperidine rings is 1. The van der Waals surface area contributed by atoms with Crippen molar-refractivity contribution in [2.24, 2.45) is 5.92 Å². The quantitative estimate of drug-likeness (QED) is 0.685. The van der Waals surface area contributed by atoms with E-state index in [9.17, 15) is 18.0 Å². The fourth-order valence-electron chi connectivity index (χ4n) is 3.34. The van der Waals surface area contributed by atoms with E-state index in [-0.39, 0.29) is 35.6 Å². The summed E-state index contributed by atoms with van der Waals surface area (Å²) in [4.78, 5) is 28.4. The molecular weight excluding hydrogens is 402 g/mol. The van der Waals surface area contributed by atoms with Crippen LogP contribution in [0, 0.1) is 5.92 Å². The smallest absolute Gasteiger partial charge is 0.240 e. The van der Waals surface area contributed by atoms with Crippen LogP contribution in [0.5, 0.6) is 0 Å². The van der Waals surface area contributed by atoms with Gasteiger partial charge in [-0.3, -0.25) is 9.59 Å². The van der Waals surface area contributed by atoms with Crippen molar-refractivity contribution in [3.8, 4) is 0 Å². The molecule has 0 aromatic heterocycles. The summed E-state index contributed by atoms with van der Waals surface area (Å²) in [6.45, 7) is 6.39. The van der Waals surface area contributed by atoms with Crippen LogP contribution in [0.1, 0.15) is 33.1 Å². The van der Waals surface area contributed by atoms with Gasteiger partial charge in [0.15, 0.2) is 0 Å². The largest absolute Gasteiger partial charge is 0.343 e. The number of carbonyl (C=O) groups excluding carboxylic acids is 2. The van der Waals surface area contributed by atoms with Crippen LogP contribution in [0.15, 0.2) is 29.2 Å². The highest BCUT2D eigenvalue weighted by Crippen LogP contribution is 2.20. The standard InChI is InChI=1S/C19H28ClN3O4S/c1-3-22(4-2)19(25)15-9-12-23(13-10-15)18(24)8-11-21-28(26,27)17-7-5-6-16(20)14-17/h5-7,14-15,21H,3-4,8-13H2,1-2H3. The van der Waals surface area contributed by atoms with Gasteiger partial charge in [-0.05, 0) is 44.9 Å². The van der Waals surface area contributed by atoms with Crippen LogP contribution >= 0.6 is 11.6 Å². The number of carbonyl (C=O) groups is 2. The summed E-state index contributed by atoms with van der Waals surface area (Å²) in [7, 11) is -3.70. The minimum atomic E-state index is -3.70. The van der Waals surface area contributed by atoms with Crippen molar-refractivity contribution in [3.63, 3.8) is 0 Å². The maximum atomic E-state index is 12.4. The molecule has 2 amide bonds. The van der Waals surface area contributed by atoms with E-state index in [1.165, 1.54) is 12.1 Å². The average Bonchev–Trinajstić information content (AvgIpc) is 2.68. The molecule has 9 heteroatoms. The second kappa shape index (κ2) is 10.2. The van der Waals surface area contributed by atoms with Gasteiger partial charge in [0.1, 0.15) is 0 Å². The van der Waals surface area contributed by atoms with Gasteiger partial charge in [0.25, 0.3) is 0 Å². The molecule has 1 aromatic carbocycles. The molecule has 1 aliphatic heterocycles. The Balaban J connectivity index is 1.79. The molecule has 0 spiro atoms. The fraction of sp³-hybridized carbons (Fsp3) is 0.579. The van der Waals surface area contributed by atoms with E-state index in [0.29, 0.717) is 44.0 Å². The van der Waals surface area contributed by atoms with E-state index in [4.69, 9.17) is 11.6 Å². The first-order valence-corrected chi connectivity index (χ1v) is 11.5. The molecule has 28 heavy (non-hydrogen) atoms. The van der Waals surface area contributed by atoms with Crippen LogP contribution in [-0.2, 0) is 19.6 Å². The van der Waals surface area contributed by atoms with Gasteiger partial charge in [-0.15, -0.1) is 0 Å². The van der Waals surface area contributed by atoms with E-state index in [1.807, 2.05) is 18.7 Å². The minimum Gasteiger partial charge on any atom is -0.343 e. The zero-order chi connectivity index (χ0) is 20.7. The van der Waals surface area contributed by atoms with Crippen LogP contribution in [0.4, 0.5) is 0 Å². The predicted molar refractivity (Wildman–Crippen MR) is 108 cm³/mol. The number of likely N-dealkylation sites (tertiary alicyclic amines) is 1. The molecule has 2 rings (SSSR count). The molecule has 1 aliphatic rings. The van der Waals surface area contributed by atoms with Crippen LogP contribution in [0.25, 0.3) is 0 Å². The second-order valence-corrected chi connectivity index (χ2v) is 8.97. The zero-order valence-electron chi connectivity index (χ0n) is 16.4. The molecule has 1 heterocycles. The zero-order valence-corrected chi connectivity index (χ0v) is 17.9. The lowest BCUT2D eigenvalue weighted by molar-refractivity contribution is -0.140. The molecule has 0 aliphatic carbocycles. The van der Waals surface area contributed by atoms with Crippen molar-refractivity contribution in [2.75, 3.05) is 32.7 Å². The van der Waals surface area contributed by atoms with Crippen molar-refractivity contribution < 1.29 is 18.0 Å². The van der Waals surface area contributed by atoms with Gasteiger partial charge in [0.2, 0.25) is 21.8 Å². The van der Waals surface area contributed by atoms with E-state index in [0.717, 1.165) is 0 Å². The summed E-state index contributed by atoms with van der Waals surface area (Å²) in [5.41, 5.74) is 0. The van der Waals surface area contributed by atoms with Crippen LogP contribution in [0.3, 0.4) is 0 Å². The lowest BCUT2D eigenvalue weighted by Crippen LogP contribution is -2.45. The number of halogens is 1. The lowest BCUT2D eigenvalue weighted by atomic mass is 9.95. The number of hydrogen-bond donors (Lipinski definition) is 1. The Kier molecular flexibility index (Phi) is 8.27. The summed E-state index contributed by atoms with van der Waals surface area (Å²) in [6.07, 6.45) is 1.37. The normalized spacial score (nSPS) is 15.5. The number of rotatable bonds is 8. The predicted octanol–water partition coefficient (Wildman–Crippen LogP) is 2.12. The molecule has 0 unspecified atom stereocenters. The number of amides is 2. The first-order valence-electron chi connectivity index (χ1n) is 9.60. The third kappa shape index (κ3) is 5.93. The molecule has 7 nitrogen and oxygen atoms in total. The van der Waals surface area contributed by atoms with Gasteiger partial charge in [-0.25, -0.2) is 13.1 Å². The van der Waals surface area contributed by atoms with E-state index in [2.05, 4.69) is 4.72 Å². The van der Waals surface area contributed by atoms with Gasteiger partial charge in [0, 0.05) is 50.1 Å². The minimum absolute atomic E-state index is 0.0198. The number of nitrogens with zero attached hydrogens (tertiary/aromatic N) is 2. The highest BCUT2D eigenvalue weighted by Gasteiger charge is 2.29. The van der Waals surface area contributed by atoms with Crippen LogP contribution < -0.4 is 4.72 Å². The number of hydrogen-bond acceptors (Lipinski definition) is 4. The Labute approximate surface area is 172 Å². The number of benzene rings is 1. The summed E-state index contributed by atoms with van der Waals surface area (Å²) < 4.78 is 26.9. The molecule has 1 saturated heterocycles. The SMILES string of the molecule is CCN(CC)C(=O)C1CCN(C(=O)CCNS(=O)(=O)c2cccc(Cl)c2)CC1. The summed E-state index contributed by atoms with van der Waals surface area (Å²) in [5.74, 6) is 0.0131. The first-order chi connectivity index (χ1) is 13.3. The Bertz CT molecular complexity index is 788. The van der Waals surface area contributed by atoms with Crippen molar-refractivity contribution in [1.82, 2.24) is 14.5 Å². The van der Waals surface area contributed by atoms with Gasteiger partial charge >= 0.3 is 0 Å². The average molecular weight is 430 g/mol. The monoisotopic (exact) mass is 429 g/mol. The van der Waals surface area contributed by atoms with Gasteiger partial charge in [-0.2, -0.15) is 0 Å². The fourth-order valence-corrected chi connectivity index (χ4v) is 4.67. The summed E-state index contributed by atoms with van der Waals surface area (Å²) in [5, 5.41) is 0.334. The second-order valence-electron chi connectivity index (χ2n) is 6.77. The molecule has 0 saturated carbocycles. The Morgan fingerprint density at radius 3 is 2.43 bits per heavy atom. The molecule has 0 atom stereocenters. The van der Waals surface area contributed by atoms with Crippen molar-refractivity contribution in [2.45, 2.75) is 38.0 Å². The van der Waals surface area contributed by atoms with Gasteiger partial charge in [0.05, 0.1) is 4.90 Å². The third-order valence-electron chi connectivity index (χ3n) is 5.01. The highest BCUT2D eigenvalue weighted by atomic mass is 35.5. The Morgan fingerprint density at radius 2 is 1.86 bits per heavy atom. The Hall–Kier alpha value is -1.64. The van der Waals surface area contributed by atoms with Gasteiger partial charge in [-0.1, -0.05) is 17.7 Å². The highest BCUT2D eigenvalue weighted by molar-refractivity contribution is 7.89. The van der Waals surface area contributed by atoms with Crippen LogP contribution in [-0.4, -0.2) is 62.8 Å². The summed E-state index contributed by atoms with van der Waals surface area (Å²) in [6, 6.07) is 5.97. The molecule has 0 radical (unpaired) electrons. The van der Waals surface area contributed by atoms with Crippen molar-refractivity contribution >= 4 is 33.4 Å². The topological polar surface area (TPSA) is 86.8 Å². The Morgan fingerprint density at radius 1 is 1.21 bits per heavy atom. The maximum Gasteiger partial charge on any atom is 0.240 e. The first kappa shape index (κ1) is 22.6. The molecule has 156 valence electrons. The third-order valence-corrected chi connectivity index (χ3v) is 6.70. The van der Waals surface area contributed by atoms with Crippen LogP contribution in [0.2, 0.25) is 5.02 Å². The van der Waals surface area contributed by atoms with E-state index >= 15 is 0 Å². The lowest BCUT2D eigenvalue weighted by Gasteiger charge is -2.33. The molecule has 0 bridgehead atoms. The van der Waals surface area contributed by atoms with E-state index < -0.39 is 10.0 Å². The molecular formula is C19H28ClN3O4S. The van der Waals surface area contributed by atoms with E-state index in [1.54, 1.807) is 17.0 Å².